The van der Waals surface area contributed by atoms with Crippen molar-refractivity contribution in [3.05, 3.63) is 68.8 Å². The molecular formula is C23H20BrClN2O3. The van der Waals surface area contributed by atoms with Gasteiger partial charge in [0.25, 0.3) is 0 Å². The third-order valence-electron chi connectivity index (χ3n) is 5.06. The Bertz CT molecular complexity index is 1170. The van der Waals surface area contributed by atoms with Crippen molar-refractivity contribution in [3.63, 3.8) is 0 Å². The number of hydrogen-bond donors (Lipinski definition) is 2. The van der Waals surface area contributed by atoms with E-state index < -0.39 is 5.92 Å². The summed E-state index contributed by atoms with van der Waals surface area (Å²) in [7, 11) is 0. The van der Waals surface area contributed by atoms with Gasteiger partial charge in [-0.2, -0.15) is 0 Å². The maximum Gasteiger partial charge on any atom is 0.302 e. The van der Waals surface area contributed by atoms with Gasteiger partial charge in [0.1, 0.15) is 0 Å². The number of amides is 1. The summed E-state index contributed by atoms with van der Waals surface area (Å²) in [6, 6.07) is 13.6. The van der Waals surface area contributed by atoms with E-state index in [9.17, 15) is 9.59 Å². The fraction of sp³-hybridized carbons (Fsp3) is 0.217. The highest BCUT2D eigenvalue weighted by Crippen LogP contribution is 2.43. The van der Waals surface area contributed by atoms with Gasteiger partial charge in [-0.3, -0.25) is 9.59 Å². The zero-order chi connectivity index (χ0) is 21.3. The van der Waals surface area contributed by atoms with Crippen molar-refractivity contribution in [3.8, 4) is 0 Å². The summed E-state index contributed by atoms with van der Waals surface area (Å²) in [5.41, 5.74) is 4.74. The number of rotatable bonds is 6. The molecule has 1 aliphatic rings. The lowest BCUT2D eigenvalue weighted by Crippen LogP contribution is -2.30. The van der Waals surface area contributed by atoms with Crippen molar-refractivity contribution >= 4 is 62.0 Å². The second kappa shape index (κ2) is 8.66. The molecule has 2 aromatic carbocycles. The van der Waals surface area contributed by atoms with Crippen LogP contribution in [-0.4, -0.2) is 30.0 Å². The summed E-state index contributed by atoms with van der Waals surface area (Å²) in [5, 5.41) is 4.64. The van der Waals surface area contributed by atoms with E-state index in [0.29, 0.717) is 18.0 Å². The van der Waals surface area contributed by atoms with Crippen LogP contribution in [0.3, 0.4) is 0 Å². The molecule has 0 aliphatic heterocycles. The highest BCUT2D eigenvalue weighted by molar-refractivity contribution is 9.10. The minimum absolute atomic E-state index is 0.0816. The van der Waals surface area contributed by atoms with Crippen LogP contribution in [0.25, 0.3) is 22.6 Å². The third-order valence-corrected chi connectivity index (χ3v) is 5.79. The van der Waals surface area contributed by atoms with Gasteiger partial charge >= 0.3 is 5.97 Å². The molecule has 30 heavy (non-hydrogen) atoms. The SMILES string of the molecule is CC(=O)OCCCNC(=O)C1C(c2cc3cc(Cl)ccc3[nH]2)=Cc2cc(Br)ccc21. The van der Waals surface area contributed by atoms with Crippen LogP contribution in [0.15, 0.2) is 46.9 Å². The lowest BCUT2D eigenvalue weighted by Gasteiger charge is -2.16. The molecule has 0 spiro atoms. The molecule has 3 aromatic rings. The van der Waals surface area contributed by atoms with Gasteiger partial charge < -0.3 is 15.0 Å². The standard InChI is InChI=1S/C23H20BrClN2O3/c1-13(28)30-8-2-7-26-23(29)22-18-5-3-16(24)9-14(18)11-19(22)21-12-15-10-17(25)4-6-20(15)27-21/h3-6,9-12,22,27H,2,7-8H2,1H3,(H,26,29). The minimum atomic E-state index is -0.426. The summed E-state index contributed by atoms with van der Waals surface area (Å²) < 4.78 is 5.89. The molecule has 0 radical (unpaired) electrons. The van der Waals surface area contributed by atoms with E-state index in [4.69, 9.17) is 16.3 Å². The van der Waals surface area contributed by atoms with Gasteiger partial charge in [0, 0.05) is 39.6 Å². The number of esters is 1. The zero-order valence-electron chi connectivity index (χ0n) is 16.3. The summed E-state index contributed by atoms with van der Waals surface area (Å²) in [6.07, 6.45) is 2.62. The van der Waals surface area contributed by atoms with Crippen molar-refractivity contribution in [1.82, 2.24) is 10.3 Å². The zero-order valence-corrected chi connectivity index (χ0v) is 18.6. The Balaban J connectivity index is 1.61. The Morgan fingerprint density at radius 3 is 2.83 bits per heavy atom. The molecule has 7 heteroatoms. The van der Waals surface area contributed by atoms with Crippen molar-refractivity contribution in [2.75, 3.05) is 13.2 Å². The van der Waals surface area contributed by atoms with E-state index in [0.717, 1.165) is 37.8 Å². The number of hydrogen-bond acceptors (Lipinski definition) is 3. The van der Waals surface area contributed by atoms with Crippen LogP contribution in [0.1, 0.15) is 36.1 Å². The van der Waals surface area contributed by atoms with Crippen molar-refractivity contribution < 1.29 is 14.3 Å². The predicted octanol–water partition coefficient (Wildman–Crippen LogP) is 5.29. The Morgan fingerprint density at radius 2 is 2.03 bits per heavy atom. The molecule has 0 fully saturated rings. The Morgan fingerprint density at radius 1 is 1.20 bits per heavy atom. The molecule has 5 nitrogen and oxygen atoms in total. The van der Waals surface area contributed by atoms with Gasteiger partial charge in [-0.25, -0.2) is 0 Å². The van der Waals surface area contributed by atoms with Gasteiger partial charge in [0.05, 0.1) is 12.5 Å². The first-order chi connectivity index (χ1) is 14.4. The van der Waals surface area contributed by atoms with E-state index in [1.54, 1.807) is 0 Å². The maximum atomic E-state index is 13.1. The average Bonchev–Trinajstić information content (AvgIpc) is 3.27. The maximum absolute atomic E-state index is 13.1. The molecule has 0 saturated heterocycles. The van der Waals surface area contributed by atoms with Crippen LogP contribution < -0.4 is 5.32 Å². The third kappa shape index (κ3) is 4.30. The molecule has 1 aromatic heterocycles. The Kier molecular flexibility index (Phi) is 5.97. The lowest BCUT2D eigenvalue weighted by atomic mass is 9.93. The summed E-state index contributed by atoms with van der Waals surface area (Å²) in [5.74, 6) is -0.826. The van der Waals surface area contributed by atoms with Gasteiger partial charge in [-0.1, -0.05) is 33.6 Å². The van der Waals surface area contributed by atoms with E-state index in [2.05, 4.69) is 32.3 Å². The van der Waals surface area contributed by atoms with E-state index >= 15 is 0 Å². The van der Waals surface area contributed by atoms with Crippen LogP contribution in [0.5, 0.6) is 0 Å². The summed E-state index contributed by atoms with van der Waals surface area (Å²) in [4.78, 5) is 27.4. The van der Waals surface area contributed by atoms with E-state index in [-0.39, 0.29) is 18.5 Å². The number of benzene rings is 2. The normalized spacial score (nSPS) is 15.0. The van der Waals surface area contributed by atoms with E-state index in [1.165, 1.54) is 6.92 Å². The summed E-state index contributed by atoms with van der Waals surface area (Å²) >= 11 is 9.64. The van der Waals surface area contributed by atoms with Crippen molar-refractivity contribution in [2.45, 2.75) is 19.3 Å². The van der Waals surface area contributed by atoms with E-state index in [1.807, 2.05) is 42.5 Å². The molecule has 4 rings (SSSR count). The molecule has 154 valence electrons. The second-order valence-corrected chi connectivity index (χ2v) is 8.56. The largest absolute Gasteiger partial charge is 0.466 e. The van der Waals surface area contributed by atoms with Crippen LogP contribution in [-0.2, 0) is 14.3 Å². The predicted molar refractivity (Wildman–Crippen MR) is 122 cm³/mol. The number of halogens is 2. The smallest absolute Gasteiger partial charge is 0.302 e. The topological polar surface area (TPSA) is 71.2 Å². The van der Waals surface area contributed by atoms with Crippen LogP contribution >= 0.6 is 27.5 Å². The molecule has 1 heterocycles. The number of aromatic nitrogens is 1. The van der Waals surface area contributed by atoms with Crippen molar-refractivity contribution in [1.29, 1.82) is 0 Å². The number of carbonyl (C=O) groups is 2. The fourth-order valence-corrected chi connectivity index (χ4v) is 4.29. The molecule has 1 aliphatic carbocycles. The number of carbonyl (C=O) groups excluding carboxylic acids is 2. The number of nitrogens with one attached hydrogen (secondary N) is 2. The first-order valence-corrected chi connectivity index (χ1v) is 10.8. The lowest BCUT2D eigenvalue weighted by molar-refractivity contribution is -0.140. The summed E-state index contributed by atoms with van der Waals surface area (Å²) in [6.45, 7) is 2.09. The first-order valence-electron chi connectivity index (χ1n) is 9.63. The van der Waals surface area contributed by atoms with Gasteiger partial charge in [0.2, 0.25) is 5.91 Å². The van der Waals surface area contributed by atoms with Crippen LogP contribution in [0.4, 0.5) is 0 Å². The molecular weight excluding hydrogens is 468 g/mol. The minimum Gasteiger partial charge on any atom is -0.466 e. The fourth-order valence-electron chi connectivity index (χ4n) is 3.73. The average molecular weight is 488 g/mol. The number of H-pyrrole nitrogens is 1. The quantitative estimate of drug-likeness (QED) is 0.366. The van der Waals surface area contributed by atoms with Gasteiger partial charge in [0.15, 0.2) is 0 Å². The Labute approximate surface area is 187 Å². The molecule has 1 unspecified atom stereocenters. The highest BCUT2D eigenvalue weighted by atomic mass is 79.9. The first kappa shape index (κ1) is 20.7. The monoisotopic (exact) mass is 486 g/mol. The number of aromatic amines is 1. The molecule has 0 bridgehead atoms. The highest BCUT2D eigenvalue weighted by Gasteiger charge is 2.33. The second-order valence-electron chi connectivity index (χ2n) is 7.21. The van der Waals surface area contributed by atoms with Gasteiger partial charge in [-0.15, -0.1) is 0 Å². The van der Waals surface area contributed by atoms with Crippen molar-refractivity contribution in [2.24, 2.45) is 0 Å². The van der Waals surface area contributed by atoms with Gasteiger partial charge in [-0.05, 0) is 65.6 Å². The van der Waals surface area contributed by atoms with Crippen LogP contribution in [0, 0.1) is 0 Å². The number of ether oxygens (including phenoxy) is 1. The van der Waals surface area contributed by atoms with Crippen LogP contribution in [0.2, 0.25) is 5.02 Å². The molecule has 2 N–H and O–H groups in total. The Hall–Kier alpha value is -2.57. The molecule has 1 amide bonds. The number of fused-ring (bicyclic) bond motifs is 2. The molecule has 0 saturated carbocycles. The molecule has 1 atom stereocenters.